The van der Waals surface area contributed by atoms with Gasteiger partial charge in [0.05, 0.1) is 12.6 Å². The zero-order chi connectivity index (χ0) is 14.4. The number of halogens is 1. The molecule has 1 atom stereocenters. The summed E-state index contributed by atoms with van der Waals surface area (Å²) in [5.74, 6) is 0.447. The van der Waals surface area contributed by atoms with Crippen molar-refractivity contribution in [2.75, 3.05) is 19.6 Å². The van der Waals surface area contributed by atoms with E-state index < -0.39 is 0 Å². The molecule has 1 unspecified atom stereocenters. The Balaban J connectivity index is 2.88. The zero-order valence-corrected chi connectivity index (χ0v) is 12.8. The van der Waals surface area contributed by atoms with E-state index in [9.17, 15) is 4.79 Å². The lowest BCUT2D eigenvalue weighted by Gasteiger charge is -2.18. The number of methoxy groups -OCH3 is 1. The van der Waals surface area contributed by atoms with Crippen molar-refractivity contribution < 1.29 is 9.53 Å². The van der Waals surface area contributed by atoms with Crippen LogP contribution >= 0.6 is 11.6 Å². The fourth-order valence-corrected chi connectivity index (χ4v) is 2.59. The second kappa shape index (κ2) is 7.51. The highest BCUT2D eigenvalue weighted by Crippen LogP contribution is 2.16. The van der Waals surface area contributed by atoms with Crippen LogP contribution in [0.25, 0.3) is 0 Å². The summed E-state index contributed by atoms with van der Waals surface area (Å²) in [4.78, 5) is 12.3. The monoisotopic (exact) mass is 283 g/mol. The average molecular weight is 284 g/mol. The minimum atomic E-state index is -0.0535. The summed E-state index contributed by atoms with van der Waals surface area (Å²) < 4.78 is 5.10. The van der Waals surface area contributed by atoms with E-state index >= 15 is 0 Å². The minimum absolute atomic E-state index is 0.0462. The maximum absolute atomic E-state index is 12.3. The molecule has 0 fully saturated rings. The Kier molecular flexibility index (Phi) is 6.32. The number of hydrogen-bond acceptors (Lipinski definition) is 2. The van der Waals surface area contributed by atoms with Gasteiger partial charge in [0.1, 0.15) is 0 Å². The van der Waals surface area contributed by atoms with Gasteiger partial charge in [0, 0.05) is 18.6 Å². The van der Waals surface area contributed by atoms with Crippen LogP contribution in [0.15, 0.2) is 12.1 Å². The van der Waals surface area contributed by atoms with Crippen molar-refractivity contribution in [1.82, 2.24) is 5.32 Å². The Morgan fingerprint density at radius 2 is 1.89 bits per heavy atom. The van der Waals surface area contributed by atoms with Gasteiger partial charge in [-0.1, -0.05) is 17.7 Å². The van der Waals surface area contributed by atoms with Crippen molar-refractivity contribution in [3.8, 4) is 0 Å². The molecular weight excluding hydrogens is 262 g/mol. The first-order valence-corrected chi connectivity index (χ1v) is 6.96. The molecule has 0 radical (unpaired) electrons. The van der Waals surface area contributed by atoms with Crippen molar-refractivity contribution in [3.05, 3.63) is 34.4 Å². The zero-order valence-electron chi connectivity index (χ0n) is 12.0. The number of carbonyl (C=O) groups is 1. The van der Waals surface area contributed by atoms with Gasteiger partial charge in [-0.2, -0.15) is 0 Å². The SMILES string of the molecule is COCC(CCCl)NC(=O)c1c(C)cc(C)cc1C. The number of benzene rings is 1. The van der Waals surface area contributed by atoms with Crippen LogP contribution in [-0.2, 0) is 4.74 Å². The van der Waals surface area contributed by atoms with Crippen molar-refractivity contribution >= 4 is 17.5 Å². The number of ether oxygens (including phenoxy) is 1. The fourth-order valence-electron chi connectivity index (χ4n) is 2.33. The van der Waals surface area contributed by atoms with E-state index in [0.29, 0.717) is 18.9 Å². The van der Waals surface area contributed by atoms with Crippen molar-refractivity contribution in [3.63, 3.8) is 0 Å². The molecular formula is C15H22ClNO2. The summed E-state index contributed by atoms with van der Waals surface area (Å²) >= 11 is 5.74. The fraction of sp³-hybridized carbons (Fsp3) is 0.533. The second-order valence-electron chi connectivity index (χ2n) is 4.88. The highest BCUT2D eigenvalue weighted by molar-refractivity contribution is 6.17. The lowest BCUT2D eigenvalue weighted by molar-refractivity contribution is 0.0894. The number of carbonyl (C=O) groups excluding carboxylic acids is 1. The number of alkyl halides is 1. The molecule has 1 amide bonds. The van der Waals surface area contributed by atoms with E-state index in [1.165, 1.54) is 5.56 Å². The molecule has 0 aliphatic carbocycles. The molecule has 1 aromatic rings. The van der Waals surface area contributed by atoms with Gasteiger partial charge < -0.3 is 10.1 Å². The van der Waals surface area contributed by atoms with Gasteiger partial charge in [0.2, 0.25) is 0 Å². The predicted molar refractivity (Wildman–Crippen MR) is 79.1 cm³/mol. The number of rotatable bonds is 6. The molecule has 3 nitrogen and oxygen atoms in total. The average Bonchev–Trinajstić information content (AvgIpc) is 2.27. The third-order valence-electron chi connectivity index (χ3n) is 3.06. The number of amides is 1. The van der Waals surface area contributed by atoms with E-state index in [2.05, 4.69) is 5.32 Å². The molecule has 0 saturated carbocycles. The normalized spacial score (nSPS) is 12.3. The van der Waals surface area contributed by atoms with Gasteiger partial charge in [-0.25, -0.2) is 0 Å². The Labute approximate surface area is 120 Å². The van der Waals surface area contributed by atoms with Crippen LogP contribution in [0.5, 0.6) is 0 Å². The molecule has 1 rings (SSSR count). The number of aryl methyl sites for hydroxylation is 3. The maximum Gasteiger partial charge on any atom is 0.252 e. The molecule has 0 heterocycles. The van der Waals surface area contributed by atoms with Gasteiger partial charge in [0.25, 0.3) is 5.91 Å². The predicted octanol–water partition coefficient (Wildman–Crippen LogP) is 2.99. The van der Waals surface area contributed by atoms with Crippen LogP contribution in [0.2, 0.25) is 0 Å². The summed E-state index contributed by atoms with van der Waals surface area (Å²) in [5, 5.41) is 2.99. The molecule has 19 heavy (non-hydrogen) atoms. The van der Waals surface area contributed by atoms with E-state index in [0.717, 1.165) is 16.7 Å². The summed E-state index contributed by atoms with van der Waals surface area (Å²) in [6.45, 7) is 6.43. The summed E-state index contributed by atoms with van der Waals surface area (Å²) in [7, 11) is 1.62. The lowest BCUT2D eigenvalue weighted by atomic mass is 9.99. The topological polar surface area (TPSA) is 38.3 Å². The molecule has 0 aromatic heterocycles. The second-order valence-corrected chi connectivity index (χ2v) is 5.26. The molecule has 0 aliphatic heterocycles. The molecule has 1 aromatic carbocycles. The van der Waals surface area contributed by atoms with Gasteiger partial charge in [-0.05, 0) is 38.3 Å². The number of hydrogen-bond donors (Lipinski definition) is 1. The first-order valence-electron chi connectivity index (χ1n) is 6.43. The Morgan fingerprint density at radius 3 is 2.37 bits per heavy atom. The maximum atomic E-state index is 12.3. The quantitative estimate of drug-likeness (QED) is 0.815. The highest BCUT2D eigenvalue weighted by Gasteiger charge is 2.17. The van der Waals surface area contributed by atoms with Gasteiger partial charge in [-0.3, -0.25) is 4.79 Å². The molecule has 0 spiro atoms. The van der Waals surface area contributed by atoms with Crippen molar-refractivity contribution in [2.24, 2.45) is 0 Å². The van der Waals surface area contributed by atoms with Crippen molar-refractivity contribution in [2.45, 2.75) is 33.2 Å². The molecule has 0 aliphatic rings. The summed E-state index contributed by atoms with van der Waals surface area (Å²) in [5.41, 5.74) is 3.91. The summed E-state index contributed by atoms with van der Waals surface area (Å²) in [6.07, 6.45) is 0.699. The minimum Gasteiger partial charge on any atom is -0.383 e. The van der Waals surface area contributed by atoms with Crippen LogP contribution in [0.4, 0.5) is 0 Å². The number of nitrogens with one attached hydrogen (secondary N) is 1. The highest BCUT2D eigenvalue weighted by atomic mass is 35.5. The van der Waals surface area contributed by atoms with Gasteiger partial charge >= 0.3 is 0 Å². The largest absolute Gasteiger partial charge is 0.383 e. The Bertz CT molecular complexity index is 417. The molecule has 0 saturated heterocycles. The standard InChI is InChI=1S/C15H22ClNO2/c1-10-7-11(2)14(12(3)8-10)15(18)17-13(5-6-16)9-19-4/h7-8,13H,5-6,9H2,1-4H3,(H,17,18). The van der Waals surface area contributed by atoms with E-state index in [4.69, 9.17) is 16.3 Å². The van der Waals surface area contributed by atoms with Gasteiger partial charge in [0.15, 0.2) is 0 Å². The van der Waals surface area contributed by atoms with Crippen LogP contribution in [0, 0.1) is 20.8 Å². The third-order valence-corrected chi connectivity index (χ3v) is 3.28. The van der Waals surface area contributed by atoms with Crippen LogP contribution in [0.3, 0.4) is 0 Å². The third kappa shape index (κ3) is 4.51. The van der Waals surface area contributed by atoms with E-state index in [1.54, 1.807) is 7.11 Å². The van der Waals surface area contributed by atoms with Crippen molar-refractivity contribution in [1.29, 1.82) is 0 Å². The lowest BCUT2D eigenvalue weighted by Crippen LogP contribution is -2.39. The van der Waals surface area contributed by atoms with Crippen LogP contribution in [0.1, 0.15) is 33.5 Å². The summed E-state index contributed by atoms with van der Waals surface area (Å²) in [6, 6.07) is 4.00. The van der Waals surface area contributed by atoms with Gasteiger partial charge in [-0.15, -0.1) is 11.6 Å². The molecule has 106 valence electrons. The molecule has 1 N–H and O–H groups in total. The van der Waals surface area contributed by atoms with Crippen LogP contribution in [-0.4, -0.2) is 31.5 Å². The first-order chi connectivity index (χ1) is 8.99. The Morgan fingerprint density at radius 1 is 1.32 bits per heavy atom. The molecule has 4 heteroatoms. The molecule has 0 bridgehead atoms. The van der Waals surface area contributed by atoms with E-state index in [-0.39, 0.29) is 11.9 Å². The smallest absolute Gasteiger partial charge is 0.252 e. The van der Waals surface area contributed by atoms with E-state index in [1.807, 2.05) is 32.9 Å². The van der Waals surface area contributed by atoms with Crippen LogP contribution < -0.4 is 5.32 Å². The first kappa shape index (κ1) is 16.0. The Hall–Kier alpha value is -1.06.